The van der Waals surface area contributed by atoms with Crippen molar-refractivity contribution in [1.82, 2.24) is 9.88 Å². The van der Waals surface area contributed by atoms with Gasteiger partial charge >= 0.3 is 0 Å². The van der Waals surface area contributed by atoms with Gasteiger partial charge in [0.1, 0.15) is 5.69 Å². The maximum Gasteiger partial charge on any atom is 0.268 e. The molecule has 1 aromatic carbocycles. The van der Waals surface area contributed by atoms with Crippen LogP contribution in [0.25, 0.3) is 11.1 Å². The molecule has 0 atom stereocenters. The molecule has 1 N–H and O–H groups in total. The van der Waals surface area contributed by atoms with Gasteiger partial charge in [0.15, 0.2) is 0 Å². The molecule has 1 aliphatic rings. The second kappa shape index (κ2) is 5.33. The van der Waals surface area contributed by atoms with Crippen LogP contribution in [0.4, 0.5) is 0 Å². The first-order valence-corrected chi connectivity index (χ1v) is 7.32. The maximum absolute atomic E-state index is 12.2. The average Bonchev–Trinajstić information content (AvgIpc) is 3.15. The minimum atomic E-state index is 0.0227. The Hall–Kier alpha value is -1.74. The van der Waals surface area contributed by atoms with Crippen LogP contribution in [-0.2, 0) is 6.54 Å². The first-order chi connectivity index (χ1) is 9.67. The van der Waals surface area contributed by atoms with E-state index < -0.39 is 0 Å². The summed E-state index contributed by atoms with van der Waals surface area (Å²) in [7, 11) is 0. The van der Waals surface area contributed by atoms with Gasteiger partial charge in [0.2, 0.25) is 0 Å². The number of aromatic nitrogens is 1. The Balaban J connectivity index is 1.90. The number of benzene rings is 1. The van der Waals surface area contributed by atoms with Crippen molar-refractivity contribution < 1.29 is 4.79 Å². The second-order valence-corrected chi connectivity index (χ2v) is 5.59. The van der Waals surface area contributed by atoms with E-state index in [-0.39, 0.29) is 5.91 Å². The lowest BCUT2D eigenvalue weighted by molar-refractivity contribution is 0.0942. The number of hydrogen-bond acceptors (Lipinski definition) is 1. The molecule has 0 saturated heterocycles. The largest absolute Gasteiger partial charge is 0.348 e. The van der Waals surface area contributed by atoms with Gasteiger partial charge in [0.05, 0.1) is 0 Å². The number of nitrogens with one attached hydrogen (secondary N) is 1. The van der Waals surface area contributed by atoms with Crippen molar-refractivity contribution in [3.05, 3.63) is 47.2 Å². The molecular weight excluding hydrogens is 272 g/mol. The van der Waals surface area contributed by atoms with E-state index in [1.807, 2.05) is 48.0 Å². The van der Waals surface area contributed by atoms with Gasteiger partial charge in [0.25, 0.3) is 5.91 Å². The Kier molecular flexibility index (Phi) is 3.53. The molecule has 1 fully saturated rings. The number of nitrogens with zero attached hydrogens (tertiary/aromatic N) is 1. The topological polar surface area (TPSA) is 34.0 Å². The van der Waals surface area contributed by atoms with Gasteiger partial charge in [-0.3, -0.25) is 4.79 Å². The fraction of sp³-hybridized carbons (Fsp3) is 0.312. The molecule has 0 spiro atoms. The van der Waals surface area contributed by atoms with E-state index in [1.165, 1.54) is 0 Å². The number of amides is 1. The van der Waals surface area contributed by atoms with E-state index in [0.717, 1.165) is 41.2 Å². The number of halogens is 1. The van der Waals surface area contributed by atoms with Crippen LogP contribution in [0.3, 0.4) is 0 Å². The summed E-state index contributed by atoms with van der Waals surface area (Å²) < 4.78 is 1.99. The van der Waals surface area contributed by atoms with Crippen LogP contribution >= 0.6 is 11.6 Å². The maximum atomic E-state index is 12.2. The van der Waals surface area contributed by atoms with Crippen LogP contribution in [-0.4, -0.2) is 16.5 Å². The monoisotopic (exact) mass is 288 g/mol. The molecule has 0 unspecified atom stereocenters. The highest BCUT2D eigenvalue weighted by molar-refractivity contribution is 6.30. The van der Waals surface area contributed by atoms with Gasteiger partial charge in [-0.15, -0.1) is 0 Å². The Morgan fingerprint density at radius 3 is 2.60 bits per heavy atom. The molecule has 20 heavy (non-hydrogen) atoms. The zero-order valence-corrected chi connectivity index (χ0v) is 12.2. The summed E-state index contributed by atoms with van der Waals surface area (Å²) in [5.74, 6) is 0.0227. The molecule has 0 aliphatic heterocycles. The highest BCUT2D eigenvalue weighted by Gasteiger charge is 2.25. The minimum Gasteiger partial charge on any atom is -0.348 e. The normalized spacial score (nSPS) is 14.3. The van der Waals surface area contributed by atoms with Crippen LogP contribution in [0.1, 0.15) is 30.3 Å². The Bertz CT molecular complexity index is 626. The molecule has 2 aromatic rings. The average molecular weight is 289 g/mol. The number of carbonyl (C=O) groups excluding carboxylic acids is 1. The summed E-state index contributed by atoms with van der Waals surface area (Å²) in [5, 5.41) is 3.76. The summed E-state index contributed by atoms with van der Waals surface area (Å²) in [6.45, 7) is 2.82. The van der Waals surface area contributed by atoms with Gasteiger partial charge in [-0.1, -0.05) is 23.7 Å². The number of hydrogen-bond donors (Lipinski definition) is 1. The van der Waals surface area contributed by atoms with Crippen molar-refractivity contribution in [2.45, 2.75) is 32.4 Å². The zero-order chi connectivity index (χ0) is 14.1. The molecule has 3 nitrogen and oxygen atoms in total. The quantitative estimate of drug-likeness (QED) is 0.914. The summed E-state index contributed by atoms with van der Waals surface area (Å²) in [4.78, 5) is 12.2. The lowest BCUT2D eigenvalue weighted by Crippen LogP contribution is -2.27. The van der Waals surface area contributed by atoms with Crippen LogP contribution in [0.2, 0.25) is 5.02 Å². The van der Waals surface area contributed by atoms with Crippen molar-refractivity contribution in [3.8, 4) is 11.1 Å². The van der Waals surface area contributed by atoms with Gasteiger partial charge in [-0.25, -0.2) is 0 Å². The van der Waals surface area contributed by atoms with E-state index in [2.05, 4.69) is 5.32 Å². The summed E-state index contributed by atoms with van der Waals surface area (Å²) in [5.41, 5.74) is 2.84. The number of carbonyl (C=O) groups is 1. The van der Waals surface area contributed by atoms with Crippen molar-refractivity contribution in [2.75, 3.05) is 0 Å². The van der Waals surface area contributed by atoms with Crippen molar-refractivity contribution >= 4 is 17.5 Å². The number of aryl methyl sites for hydroxylation is 1. The zero-order valence-electron chi connectivity index (χ0n) is 11.4. The van der Waals surface area contributed by atoms with E-state index in [9.17, 15) is 4.79 Å². The third-order valence-corrected chi connectivity index (χ3v) is 3.81. The molecule has 4 heteroatoms. The second-order valence-electron chi connectivity index (χ2n) is 5.15. The predicted octanol–water partition coefficient (Wildman–Crippen LogP) is 3.72. The van der Waals surface area contributed by atoms with E-state index >= 15 is 0 Å². The Labute approximate surface area is 123 Å². The van der Waals surface area contributed by atoms with Crippen LogP contribution in [0, 0.1) is 0 Å². The van der Waals surface area contributed by atoms with E-state index in [4.69, 9.17) is 11.6 Å². The highest BCUT2D eigenvalue weighted by atomic mass is 35.5. The van der Waals surface area contributed by atoms with Crippen LogP contribution in [0.15, 0.2) is 36.5 Å². The summed E-state index contributed by atoms with van der Waals surface area (Å²) in [6, 6.07) is 10.0. The lowest BCUT2D eigenvalue weighted by Gasteiger charge is -2.05. The summed E-state index contributed by atoms with van der Waals surface area (Å²) in [6.07, 6.45) is 4.22. The van der Waals surface area contributed by atoms with Crippen molar-refractivity contribution in [3.63, 3.8) is 0 Å². The van der Waals surface area contributed by atoms with Gasteiger partial charge in [-0.2, -0.15) is 0 Å². The summed E-state index contributed by atoms with van der Waals surface area (Å²) >= 11 is 5.91. The first kappa shape index (κ1) is 13.3. The first-order valence-electron chi connectivity index (χ1n) is 6.94. The molecule has 1 aromatic heterocycles. The molecule has 1 saturated carbocycles. The van der Waals surface area contributed by atoms with E-state index in [0.29, 0.717) is 6.04 Å². The standard InChI is InChI=1S/C16H17ClN2O/c1-2-19-10-12(11-3-5-13(17)6-4-11)9-15(19)16(20)18-14-7-8-14/h3-6,9-10,14H,2,7-8H2,1H3,(H,18,20). The van der Waals surface area contributed by atoms with Gasteiger partial charge < -0.3 is 9.88 Å². The highest BCUT2D eigenvalue weighted by Crippen LogP contribution is 2.25. The fourth-order valence-corrected chi connectivity index (χ4v) is 2.38. The molecule has 0 bridgehead atoms. The van der Waals surface area contributed by atoms with Gasteiger partial charge in [0, 0.05) is 29.4 Å². The lowest BCUT2D eigenvalue weighted by atomic mass is 10.1. The molecule has 1 amide bonds. The predicted molar refractivity (Wildman–Crippen MR) is 81.0 cm³/mol. The molecule has 0 radical (unpaired) electrons. The van der Waals surface area contributed by atoms with Crippen molar-refractivity contribution in [1.29, 1.82) is 0 Å². The molecular formula is C16H17ClN2O. The molecule has 1 heterocycles. The molecule has 3 rings (SSSR count). The molecule has 104 valence electrons. The number of rotatable bonds is 4. The van der Waals surface area contributed by atoms with Crippen LogP contribution < -0.4 is 5.32 Å². The Morgan fingerprint density at radius 2 is 2.00 bits per heavy atom. The SMILES string of the molecule is CCn1cc(-c2ccc(Cl)cc2)cc1C(=O)NC1CC1. The van der Waals surface area contributed by atoms with E-state index in [1.54, 1.807) is 0 Å². The third-order valence-electron chi connectivity index (χ3n) is 3.56. The van der Waals surface area contributed by atoms with Gasteiger partial charge in [-0.05, 0) is 43.5 Å². The van der Waals surface area contributed by atoms with Crippen LogP contribution in [0.5, 0.6) is 0 Å². The molecule has 1 aliphatic carbocycles. The third kappa shape index (κ3) is 2.73. The fourth-order valence-electron chi connectivity index (χ4n) is 2.25. The Morgan fingerprint density at radius 1 is 1.30 bits per heavy atom. The van der Waals surface area contributed by atoms with Crippen molar-refractivity contribution in [2.24, 2.45) is 0 Å². The minimum absolute atomic E-state index is 0.0227. The smallest absolute Gasteiger partial charge is 0.268 e.